The standard InChI is InChI=1S/C13H15N3O2/c1-8(2)12(13(17)18)16-11-7-14-9-5-3-4-6-10(9)15-11/h3-8,12H,1-2H3,(H,15,16)(H,17,18)/t12-/m0/s1. The SMILES string of the molecule is CC(C)[C@H](Nc1cnc2ccccc2n1)C(=O)O. The molecule has 2 aromatic rings. The predicted octanol–water partition coefficient (Wildman–Crippen LogP) is 2.15. The van der Waals surface area contributed by atoms with Gasteiger partial charge < -0.3 is 10.4 Å². The van der Waals surface area contributed by atoms with Crippen molar-refractivity contribution in [2.45, 2.75) is 19.9 Å². The number of para-hydroxylation sites is 2. The van der Waals surface area contributed by atoms with E-state index in [1.807, 2.05) is 38.1 Å². The van der Waals surface area contributed by atoms with Crippen LogP contribution in [-0.2, 0) is 4.79 Å². The van der Waals surface area contributed by atoms with Crippen molar-refractivity contribution < 1.29 is 9.90 Å². The summed E-state index contributed by atoms with van der Waals surface area (Å²) in [4.78, 5) is 19.7. The number of aliphatic carboxylic acids is 1. The molecule has 0 aliphatic rings. The highest BCUT2D eigenvalue weighted by Crippen LogP contribution is 2.14. The summed E-state index contributed by atoms with van der Waals surface area (Å²) in [5, 5.41) is 12.0. The highest BCUT2D eigenvalue weighted by Gasteiger charge is 2.21. The molecule has 1 aromatic carbocycles. The van der Waals surface area contributed by atoms with Gasteiger partial charge in [0.25, 0.3) is 0 Å². The maximum Gasteiger partial charge on any atom is 0.326 e. The van der Waals surface area contributed by atoms with Crippen LogP contribution in [0.3, 0.4) is 0 Å². The topological polar surface area (TPSA) is 75.1 Å². The zero-order valence-electron chi connectivity index (χ0n) is 10.3. The lowest BCUT2D eigenvalue weighted by molar-refractivity contribution is -0.138. The molecule has 0 saturated carbocycles. The van der Waals surface area contributed by atoms with Crippen LogP contribution in [0.4, 0.5) is 5.82 Å². The van der Waals surface area contributed by atoms with Crippen LogP contribution in [-0.4, -0.2) is 27.1 Å². The first-order valence-electron chi connectivity index (χ1n) is 5.79. The molecule has 0 aliphatic carbocycles. The van der Waals surface area contributed by atoms with Gasteiger partial charge in [-0.05, 0) is 18.1 Å². The maximum atomic E-state index is 11.1. The average Bonchev–Trinajstić information content (AvgIpc) is 2.35. The third kappa shape index (κ3) is 2.56. The number of fused-ring (bicyclic) bond motifs is 1. The Bertz CT molecular complexity index is 569. The monoisotopic (exact) mass is 245 g/mol. The van der Waals surface area contributed by atoms with E-state index < -0.39 is 12.0 Å². The van der Waals surface area contributed by atoms with Gasteiger partial charge in [-0.3, -0.25) is 4.98 Å². The second kappa shape index (κ2) is 5.00. The van der Waals surface area contributed by atoms with Crippen molar-refractivity contribution in [3.63, 3.8) is 0 Å². The van der Waals surface area contributed by atoms with Crippen molar-refractivity contribution in [3.8, 4) is 0 Å². The fraction of sp³-hybridized carbons (Fsp3) is 0.308. The molecule has 0 amide bonds. The highest BCUT2D eigenvalue weighted by molar-refractivity contribution is 5.79. The van der Waals surface area contributed by atoms with E-state index >= 15 is 0 Å². The minimum absolute atomic E-state index is 0.0317. The van der Waals surface area contributed by atoms with E-state index in [-0.39, 0.29) is 5.92 Å². The molecule has 2 N–H and O–H groups in total. The van der Waals surface area contributed by atoms with E-state index in [1.54, 1.807) is 6.20 Å². The smallest absolute Gasteiger partial charge is 0.326 e. The molecule has 0 aliphatic heterocycles. The Labute approximate surface area is 105 Å². The summed E-state index contributed by atoms with van der Waals surface area (Å²) >= 11 is 0. The minimum atomic E-state index is -0.889. The van der Waals surface area contributed by atoms with Crippen LogP contribution in [0.1, 0.15) is 13.8 Å². The summed E-state index contributed by atoms with van der Waals surface area (Å²) in [6, 6.07) is 6.80. The van der Waals surface area contributed by atoms with Gasteiger partial charge in [0.2, 0.25) is 0 Å². The van der Waals surface area contributed by atoms with E-state index in [2.05, 4.69) is 15.3 Å². The van der Waals surface area contributed by atoms with Crippen LogP contribution in [0.2, 0.25) is 0 Å². The zero-order valence-corrected chi connectivity index (χ0v) is 10.3. The molecule has 1 aromatic heterocycles. The molecule has 18 heavy (non-hydrogen) atoms. The van der Waals surface area contributed by atoms with E-state index in [0.29, 0.717) is 5.82 Å². The number of benzene rings is 1. The first-order chi connectivity index (χ1) is 8.58. The Balaban J connectivity index is 2.28. The van der Waals surface area contributed by atoms with Gasteiger partial charge in [0, 0.05) is 0 Å². The molecule has 1 atom stereocenters. The van der Waals surface area contributed by atoms with Gasteiger partial charge in [0.05, 0.1) is 17.2 Å². The van der Waals surface area contributed by atoms with Gasteiger partial charge in [0.15, 0.2) is 0 Å². The lowest BCUT2D eigenvalue weighted by atomic mass is 10.1. The predicted molar refractivity (Wildman–Crippen MR) is 69.4 cm³/mol. The van der Waals surface area contributed by atoms with E-state index in [0.717, 1.165) is 11.0 Å². The number of carbonyl (C=O) groups is 1. The molecule has 0 fully saturated rings. The van der Waals surface area contributed by atoms with Crippen LogP contribution >= 0.6 is 0 Å². The number of anilines is 1. The van der Waals surface area contributed by atoms with Crippen LogP contribution in [0.25, 0.3) is 11.0 Å². The van der Waals surface area contributed by atoms with Gasteiger partial charge in [-0.15, -0.1) is 0 Å². The van der Waals surface area contributed by atoms with Gasteiger partial charge in [-0.2, -0.15) is 0 Å². The summed E-state index contributed by atoms with van der Waals surface area (Å²) in [5.74, 6) is -0.439. The number of nitrogens with one attached hydrogen (secondary N) is 1. The quantitative estimate of drug-likeness (QED) is 0.863. The molecule has 5 heteroatoms. The Hall–Kier alpha value is -2.17. The lowest BCUT2D eigenvalue weighted by Gasteiger charge is -2.18. The molecular weight excluding hydrogens is 230 g/mol. The van der Waals surface area contributed by atoms with Crippen molar-refractivity contribution in [1.82, 2.24) is 9.97 Å². The molecule has 5 nitrogen and oxygen atoms in total. The van der Waals surface area contributed by atoms with Gasteiger partial charge in [0.1, 0.15) is 11.9 Å². The van der Waals surface area contributed by atoms with Crippen molar-refractivity contribution >= 4 is 22.8 Å². The average molecular weight is 245 g/mol. The Morgan fingerprint density at radius 1 is 1.28 bits per heavy atom. The van der Waals surface area contributed by atoms with E-state index in [4.69, 9.17) is 5.11 Å². The lowest BCUT2D eigenvalue weighted by Crippen LogP contribution is -2.34. The molecule has 0 saturated heterocycles. The zero-order chi connectivity index (χ0) is 13.1. The molecular formula is C13H15N3O2. The van der Waals surface area contributed by atoms with E-state index in [1.165, 1.54) is 0 Å². The molecule has 0 bridgehead atoms. The number of hydrogen-bond donors (Lipinski definition) is 2. The molecule has 2 rings (SSSR count). The van der Waals surface area contributed by atoms with Gasteiger partial charge >= 0.3 is 5.97 Å². The van der Waals surface area contributed by atoms with Crippen molar-refractivity contribution in [1.29, 1.82) is 0 Å². The summed E-state index contributed by atoms with van der Waals surface area (Å²) < 4.78 is 0. The fourth-order valence-electron chi connectivity index (χ4n) is 1.70. The third-order valence-corrected chi connectivity index (χ3v) is 2.68. The molecule has 0 unspecified atom stereocenters. The minimum Gasteiger partial charge on any atom is -0.480 e. The number of rotatable bonds is 4. The number of nitrogens with zero attached hydrogens (tertiary/aromatic N) is 2. The highest BCUT2D eigenvalue weighted by atomic mass is 16.4. The van der Waals surface area contributed by atoms with Crippen LogP contribution in [0, 0.1) is 5.92 Å². The fourth-order valence-corrected chi connectivity index (χ4v) is 1.70. The van der Waals surface area contributed by atoms with Crippen molar-refractivity contribution in [2.24, 2.45) is 5.92 Å². The molecule has 1 heterocycles. The summed E-state index contributed by atoms with van der Waals surface area (Å²) in [7, 11) is 0. The van der Waals surface area contributed by atoms with Crippen molar-refractivity contribution in [3.05, 3.63) is 30.5 Å². The number of carboxylic acids is 1. The second-order valence-electron chi connectivity index (χ2n) is 4.45. The Morgan fingerprint density at radius 3 is 2.56 bits per heavy atom. The first kappa shape index (κ1) is 12.3. The number of aromatic nitrogens is 2. The van der Waals surface area contributed by atoms with Gasteiger partial charge in [-0.25, -0.2) is 9.78 Å². The molecule has 94 valence electrons. The Kier molecular flexibility index (Phi) is 3.41. The normalized spacial score (nSPS) is 12.6. The maximum absolute atomic E-state index is 11.1. The summed E-state index contributed by atoms with van der Waals surface area (Å²) in [6.45, 7) is 3.69. The summed E-state index contributed by atoms with van der Waals surface area (Å²) in [6.07, 6.45) is 1.56. The molecule has 0 spiro atoms. The molecule has 0 radical (unpaired) electrons. The second-order valence-corrected chi connectivity index (χ2v) is 4.45. The summed E-state index contributed by atoms with van der Waals surface area (Å²) in [5.41, 5.74) is 1.54. The van der Waals surface area contributed by atoms with Gasteiger partial charge in [-0.1, -0.05) is 26.0 Å². The van der Waals surface area contributed by atoms with Crippen LogP contribution in [0.5, 0.6) is 0 Å². The van der Waals surface area contributed by atoms with Crippen molar-refractivity contribution in [2.75, 3.05) is 5.32 Å². The van der Waals surface area contributed by atoms with Crippen LogP contribution < -0.4 is 5.32 Å². The van der Waals surface area contributed by atoms with E-state index in [9.17, 15) is 4.79 Å². The number of hydrogen-bond acceptors (Lipinski definition) is 4. The third-order valence-electron chi connectivity index (χ3n) is 2.68. The Morgan fingerprint density at radius 2 is 1.94 bits per heavy atom. The first-order valence-corrected chi connectivity index (χ1v) is 5.79. The largest absolute Gasteiger partial charge is 0.480 e. The van der Waals surface area contributed by atoms with Crippen LogP contribution in [0.15, 0.2) is 30.5 Å². The number of carboxylic acid groups (broad SMARTS) is 1.